The van der Waals surface area contributed by atoms with E-state index in [9.17, 15) is 4.79 Å². The Morgan fingerprint density at radius 2 is 2.20 bits per heavy atom. The molecule has 0 aliphatic carbocycles. The van der Waals surface area contributed by atoms with Gasteiger partial charge in [-0.05, 0) is 40.6 Å². The maximum atomic E-state index is 11.9. The highest BCUT2D eigenvalue weighted by atomic mass is 127. The van der Waals surface area contributed by atoms with E-state index in [2.05, 4.69) is 36.4 Å². The molecule has 1 aromatic carbocycles. The van der Waals surface area contributed by atoms with E-state index in [4.69, 9.17) is 0 Å². The van der Waals surface area contributed by atoms with Crippen molar-refractivity contribution in [3.63, 3.8) is 0 Å². The zero-order valence-corrected chi connectivity index (χ0v) is 11.5. The molecule has 0 aliphatic heterocycles. The zero-order chi connectivity index (χ0) is 11.3. The summed E-state index contributed by atoms with van der Waals surface area (Å²) in [7, 11) is 0. The van der Waals surface area contributed by atoms with E-state index in [0.717, 1.165) is 22.0 Å². The summed E-state index contributed by atoms with van der Waals surface area (Å²) in [4.78, 5) is 11.9. The van der Waals surface area contributed by atoms with Crippen LogP contribution < -0.4 is 0 Å². The third kappa shape index (κ3) is 4.33. The first-order valence-corrected chi connectivity index (χ1v) is 6.50. The van der Waals surface area contributed by atoms with Crippen LogP contribution >= 0.6 is 22.6 Å². The second-order valence-corrected chi connectivity index (χ2v) is 5.28. The van der Waals surface area contributed by atoms with Crippen molar-refractivity contribution in [2.75, 3.05) is 0 Å². The summed E-state index contributed by atoms with van der Waals surface area (Å²) < 4.78 is 1.13. The minimum atomic E-state index is 0.273. The van der Waals surface area contributed by atoms with Crippen molar-refractivity contribution in [2.24, 2.45) is 5.92 Å². The molecule has 0 aromatic heterocycles. The number of carbonyl (C=O) groups is 1. The van der Waals surface area contributed by atoms with Crippen LogP contribution in [-0.2, 0) is 0 Å². The molecule has 1 unspecified atom stereocenters. The molecule has 0 bridgehead atoms. The summed E-state index contributed by atoms with van der Waals surface area (Å²) in [5.74, 6) is 0.773. The molecule has 0 saturated carbocycles. The predicted octanol–water partition coefficient (Wildman–Crippen LogP) is 4.30. The second-order valence-electron chi connectivity index (χ2n) is 4.03. The van der Waals surface area contributed by atoms with E-state index in [0.29, 0.717) is 12.3 Å². The average molecular weight is 316 g/mol. The molecular formula is C13H17IO. The molecule has 15 heavy (non-hydrogen) atoms. The number of hydrogen-bond donors (Lipinski definition) is 0. The normalized spacial score (nSPS) is 12.5. The fourth-order valence-corrected chi connectivity index (χ4v) is 2.23. The Hall–Kier alpha value is -0.380. The Morgan fingerprint density at radius 1 is 1.47 bits per heavy atom. The fraction of sp³-hybridized carbons (Fsp3) is 0.462. The van der Waals surface area contributed by atoms with Crippen molar-refractivity contribution in [1.29, 1.82) is 0 Å². The summed E-state index contributed by atoms with van der Waals surface area (Å²) in [5, 5.41) is 0. The third-order valence-corrected chi connectivity index (χ3v) is 3.13. The Bertz CT molecular complexity index is 333. The maximum absolute atomic E-state index is 11.9. The summed E-state index contributed by atoms with van der Waals surface area (Å²) in [6.45, 7) is 4.31. The summed E-state index contributed by atoms with van der Waals surface area (Å²) in [6.07, 6.45) is 2.96. The lowest BCUT2D eigenvalue weighted by atomic mass is 9.96. The van der Waals surface area contributed by atoms with Crippen molar-refractivity contribution in [3.8, 4) is 0 Å². The van der Waals surface area contributed by atoms with Crippen molar-refractivity contribution >= 4 is 28.4 Å². The number of hydrogen-bond acceptors (Lipinski definition) is 1. The predicted molar refractivity (Wildman–Crippen MR) is 72.2 cm³/mol. The van der Waals surface area contributed by atoms with E-state index < -0.39 is 0 Å². The number of Topliss-reactive ketones (excluding diaryl/α,β-unsaturated/α-hetero) is 1. The van der Waals surface area contributed by atoms with Crippen LogP contribution in [0, 0.1) is 9.49 Å². The van der Waals surface area contributed by atoms with Gasteiger partial charge in [0.2, 0.25) is 0 Å². The van der Waals surface area contributed by atoms with Gasteiger partial charge in [0, 0.05) is 15.6 Å². The van der Waals surface area contributed by atoms with Gasteiger partial charge in [0.05, 0.1) is 0 Å². The minimum Gasteiger partial charge on any atom is -0.294 e. The van der Waals surface area contributed by atoms with E-state index in [1.165, 1.54) is 0 Å². The molecule has 1 atom stereocenters. The van der Waals surface area contributed by atoms with Crippen LogP contribution in [0.2, 0.25) is 0 Å². The van der Waals surface area contributed by atoms with E-state index in [1.807, 2.05) is 24.3 Å². The van der Waals surface area contributed by atoms with Crippen LogP contribution in [0.25, 0.3) is 0 Å². The Labute approximate surface area is 105 Å². The molecule has 0 amide bonds. The lowest BCUT2D eigenvalue weighted by Gasteiger charge is -2.08. The zero-order valence-electron chi connectivity index (χ0n) is 9.29. The van der Waals surface area contributed by atoms with Gasteiger partial charge in [-0.15, -0.1) is 0 Å². The molecule has 0 heterocycles. The highest BCUT2D eigenvalue weighted by Gasteiger charge is 2.10. The summed E-state index contributed by atoms with van der Waals surface area (Å²) in [5.41, 5.74) is 0.852. The van der Waals surface area contributed by atoms with Crippen LogP contribution in [0.1, 0.15) is 43.5 Å². The molecule has 0 radical (unpaired) electrons. The van der Waals surface area contributed by atoms with Gasteiger partial charge in [0.15, 0.2) is 5.78 Å². The number of ketones is 1. The molecule has 0 saturated heterocycles. The molecule has 0 N–H and O–H groups in total. The van der Waals surface area contributed by atoms with Crippen molar-refractivity contribution in [2.45, 2.75) is 33.1 Å². The number of benzene rings is 1. The van der Waals surface area contributed by atoms with Crippen molar-refractivity contribution in [3.05, 3.63) is 33.4 Å². The quantitative estimate of drug-likeness (QED) is 0.585. The smallest absolute Gasteiger partial charge is 0.163 e. The summed E-state index contributed by atoms with van der Waals surface area (Å²) in [6, 6.07) is 7.82. The van der Waals surface area contributed by atoms with E-state index >= 15 is 0 Å². The van der Waals surface area contributed by atoms with Gasteiger partial charge in [0.25, 0.3) is 0 Å². The standard InChI is InChI=1S/C13H17IO/c1-3-5-10(2)8-13(15)11-6-4-7-12(14)9-11/h4,6-7,9-10H,3,5,8H2,1-2H3. The molecule has 1 aromatic rings. The molecule has 1 nitrogen and oxygen atoms in total. The number of halogens is 1. The Balaban J connectivity index is 2.61. The SMILES string of the molecule is CCCC(C)CC(=O)c1cccc(I)c1. The van der Waals surface area contributed by atoms with Gasteiger partial charge in [-0.3, -0.25) is 4.79 Å². The van der Waals surface area contributed by atoms with Gasteiger partial charge >= 0.3 is 0 Å². The van der Waals surface area contributed by atoms with Gasteiger partial charge in [-0.2, -0.15) is 0 Å². The van der Waals surface area contributed by atoms with E-state index in [-0.39, 0.29) is 5.78 Å². The maximum Gasteiger partial charge on any atom is 0.163 e. The third-order valence-electron chi connectivity index (χ3n) is 2.46. The molecular weight excluding hydrogens is 299 g/mol. The monoisotopic (exact) mass is 316 g/mol. The van der Waals surface area contributed by atoms with Gasteiger partial charge in [-0.1, -0.05) is 38.8 Å². The lowest BCUT2D eigenvalue weighted by molar-refractivity contribution is 0.0962. The van der Waals surface area contributed by atoms with Crippen LogP contribution in [0.3, 0.4) is 0 Å². The lowest BCUT2D eigenvalue weighted by Crippen LogP contribution is -2.06. The molecule has 82 valence electrons. The number of carbonyl (C=O) groups excluding carboxylic acids is 1. The van der Waals surface area contributed by atoms with Crippen LogP contribution in [-0.4, -0.2) is 5.78 Å². The average Bonchev–Trinajstić information content (AvgIpc) is 2.18. The molecule has 0 fully saturated rings. The van der Waals surface area contributed by atoms with Crippen LogP contribution in [0.15, 0.2) is 24.3 Å². The molecule has 0 aliphatic rings. The largest absolute Gasteiger partial charge is 0.294 e. The molecule has 2 heteroatoms. The van der Waals surface area contributed by atoms with E-state index in [1.54, 1.807) is 0 Å². The Morgan fingerprint density at radius 3 is 2.80 bits per heavy atom. The minimum absolute atomic E-state index is 0.273. The van der Waals surface area contributed by atoms with Gasteiger partial charge < -0.3 is 0 Å². The number of rotatable bonds is 5. The first-order chi connectivity index (χ1) is 7.13. The highest BCUT2D eigenvalue weighted by molar-refractivity contribution is 14.1. The van der Waals surface area contributed by atoms with Crippen LogP contribution in [0.4, 0.5) is 0 Å². The van der Waals surface area contributed by atoms with Crippen LogP contribution in [0.5, 0.6) is 0 Å². The molecule has 0 spiro atoms. The van der Waals surface area contributed by atoms with Crippen molar-refractivity contribution < 1.29 is 4.79 Å². The van der Waals surface area contributed by atoms with Gasteiger partial charge in [0.1, 0.15) is 0 Å². The second kappa shape index (κ2) is 6.26. The first kappa shape index (κ1) is 12.7. The first-order valence-electron chi connectivity index (χ1n) is 5.42. The topological polar surface area (TPSA) is 17.1 Å². The Kier molecular flexibility index (Phi) is 5.29. The van der Waals surface area contributed by atoms with Gasteiger partial charge in [-0.25, -0.2) is 0 Å². The van der Waals surface area contributed by atoms with Crippen molar-refractivity contribution in [1.82, 2.24) is 0 Å². The summed E-state index contributed by atoms with van der Waals surface area (Å²) >= 11 is 2.24. The molecule has 1 rings (SSSR count). The fourth-order valence-electron chi connectivity index (χ4n) is 1.69. The highest BCUT2D eigenvalue weighted by Crippen LogP contribution is 2.16.